The Balaban J connectivity index is 2.08. The molecule has 76 valence electrons. The average Bonchev–Trinajstić information content (AvgIpc) is 2.76. The summed E-state index contributed by atoms with van der Waals surface area (Å²) in [5.74, 6) is 0.641. The van der Waals surface area contributed by atoms with E-state index in [0.717, 1.165) is 19.4 Å². The van der Waals surface area contributed by atoms with Gasteiger partial charge in [-0.25, -0.2) is 0 Å². The van der Waals surface area contributed by atoms with E-state index in [1.807, 2.05) is 7.05 Å². The van der Waals surface area contributed by atoms with Crippen LogP contribution in [-0.4, -0.2) is 41.8 Å². The summed E-state index contributed by atoms with van der Waals surface area (Å²) in [7, 11) is 13.9. The highest BCUT2D eigenvalue weighted by molar-refractivity contribution is 6.90. The van der Waals surface area contributed by atoms with Gasteiger partial charge in [0.15, 0.2) is 0 Å². The number of ketones is 1. The van der Waals surface area contributed by atoms with Crippen LogP contribution in [0.2, 0.25) is 23.7 Å². The Kier molecular flexibility index (Phi) is 2.78. The zero-order chi connectivity index (χ0) is 11.2. The summed E-state index contributed by atoms with van der Waals surface area (Å²) in [4.78, 5) is 11.9. The first-order valence-electron chi connectivity index (χ1n) is 5.76. The van der Waals surface area contributed by atoms with Crippen LogP contribution >= 0.6 is 0 Å². The fourth-order valence-electron chi connectivity index (χ4n) is 3.34. The van der Waals surface area contributed by atoms with Gasteiger partial charge in [0.2, 0.25) is 0 Å². The van der Waals surface area contributed by atoms with Crippen LogP contribution in [0.5, 0.6) is 0 Å². The second-order valence-corrected chi connectivity index (χ2v) is 5.11. The Morgan fingerprint density at radius 1 is 1.67 bits per heavy atom. The van der Waals surface area contributed by atoms with Crippen LogP contribution in [0, 0.1) is 5.92 Å². The predicted octanol–water partition coefficient (Wildman–Crippen LogP) is 0.517. The lowest BCUT2D eigenvalue weighted by Gasteiger charge is -2.31. The molecule has 5 heteroatoms. The zero-order valence-corrected chi connectivity index (χ0v) is 9.49. The van der Waals surface area contributed by atoms with E-state index in [0.29, 0.717) is 18.4 Å². The minimum Gasteiger partial charge on any atom is -0.320 e. The van der Waals surface area contributed by atoms with Crippen molar-refractivity contribution in [1.82, 2.24) is 5.32 Å². The molecule has 4 unspecified atom stereocenters. The summed E-state index contributed by atoms with van der Waals surface area (Å²) in [5.41, 5.74) is 0. The maximum atomic E-state index is 11.9. The molecule has 0 aromatic rings. The van der Waals surface area contributed by atoms with Crippen LogP contribution in [0.4, 0.5) is 0 Å². The molecular weight excluding hydrogens is 183 g/mol. The number of hydrogen-bond acceptors (Lipinski definition) is 2. The Labute approximate surface area is 94.8 Å². The van der Waals surface area contributed by atoms with Crippen molar-refractivity contribution in [3.05, 3.63) is 0 Å². The fraction of sp³-hybridized carbons (Fsp3) is 0.900. The summed E-state index contributed by atoms with van der Waals surface area (Å²) in [6.45, 7) is 3.37. The van der Waals surface area contributed by atoms with E-state index in [-0.39, 0.29) is 11.6 Å². The van der Waals surface area contributed by atoms with Gasteiger partial charge in [0.05, 0.1) is 15.7 Å². The van der Waals surface area contributed by atoms with Crippen LogP contribution in [-0.2, 0) is 4.79 Å². The lowest BCUT2D eigenvalue weighted by molar-refractivity contribution is -0.120. The van der Waals surface area contributed by atoms with Crippen LogP contribution in [0.1, 0.15) is 12.8 Å². The molecule has 2 fully saturated rings. The second kappa shape index (κ2) is 3.69. The van der Waals surface area contributed by atoms with E-state index < -0.39 is 5.21 Å². The highest BCUT2D eigenvalue weighted by atomic mass is 16.1. The first-order valence-corrected chi connectivity index (χ1v) is 5.76. The number of carbonyl (C=O) groups excluding carboxylic acids is 1. The topological polar surface area (TPSA) is 29.1 Å². The normalized spacial score (nSPS) is 44.0. The average molecular weight is 199 g/mol. The Bertz CT molecular complexity index is 286. The van der Waals surface area contributed by atoms with Gasteiger partial charge in [-0.1, -0.05) is 12.6 Å². The summed E-state index contributed by atoms with van der Waals surface area (Å²) < 4.78 is 0. The predicted molar refractivity (Wildman–Crippen MR) is 65.0 cm³/mol. The number of nitrogens with one attached hydrogen (secondary N) is 1. The van der Waals surface area contributed by atoms with Crippen molar-refractivity contribution in [1.29, 1.82) is 0 Å². The van der Waals surface area contributed by atoms with Crippen molar-refractivity contribution in [3.63, 3.8) is 0 Å². The SMILES string of the molecule is [B]C1CC(CCNC)C2B(C)C2([B])C1=O. The van der Waals surface area contributed by atoms with Crippen molar-refractivity contribution >= 4 is 28.2 Å². The number of Topliss-reactive ketones (excluding diaryl/α,β-unsaturated/α-hetero) is 1. The van der Waals surface area contributed by atoms with Crippen molar-refractivity contribution in [2.75, 3.05) is 13.6 Å². The van der Waals surface area contributed by atoms with E-state index in [4.69, 9.17) is 15.7 Å². The van der Waals surface area contributed by atoms with E-state index in [2.05, 4.69) is 12.1 Å². The molecule has 2 aliphatic rings. The molecule has 0 aromatic heterocycles. The number of hydrogen-bond donors (Lipinski definition) is 1. The Hall–Kier alpha value is -0.175. The van der Waals surface area contributed by atoms with Crippen molar-refractivity contribution < 1.29 is 4.79 Å². The molecule has 1 aliphatic heterocycles. The summed E-state index contributed by atoms with van der Waals surface area (Å²) in [5, 5.41) is 2.55. The van der Waals surface area contributed by atoms with E-state index in [9.17, 15) is 4.79 Å². The molecule has 0 spiro atoms. The monoisotopic (exact) mass is 199 g/mol. The highest BCUT2D eigenvalue weighted by Gasteiger charge is 2.68. The molecule has 0 bridgehead atoms. The number of fused-ring (bicyclic) bond motifs is 1. The van der Waals surface area contributed by atoms with Gasteiger partial charge in [-0.2, -0.15) is 0 Å². The maximum absolute atomic E-state index is 11.9. The second-order valence-electron chi connectivity index (χ2n) is 5.11. The third-order valence-corrected chi connectivity index (χ3v) is 4.33. The molecule has 15 heavy (non-hydrogen) atoms. The molecule has 4 radical (unpaired) electrons. The minimum absolute atomic E-state index is 0.0840. The van der Waals surface area contributed by atoms with Gasteiger partial charge in [-0.3, -0.25) is 0 Å². The molecule has 0 amide bonds. The molecule has 1 saturated heterocycles. The maximum Gasteiger partial charge on any atom is 0.145 e. The van der Waals surface area contributed by atoms with Crippen LogP contribution < -0.4 is 5.32 Å². The van der Waals surface area contributed by atoms with Crippen molar-refractivity contribution in [2.45, 2.75) is 36.5 Å². The molecule has 1 aliphatic carbocycles. The van der Waals surface area contributed by atoms with Crippen molar-refractivity contribution in [2.24, 2.45) is 5.92 Å². The third kappa shape index (κ3) is 1.51. The van der Waals surface area contributed by atoms with Gasteiger partial charge in [0, 0.05) is 0 Å². The first kappa shape index (κ1) is 11.3. The molecule has 2 nitrogen and oxygen atoms in total. The quantitative estimate of drug-likeness (QED) is 0.670. The van der Waals surface area contributed by atoms with Crippen molar-refractivity contribution in [3.8, 4) is 0 Å². The van der Waals surface area contributed by atoms with Gasteiger partial charge >= 0.3 is 0 Å². The largest absolute Gasteiger partial charge is 0.320 e. The molecule has 1 saturated carbocycles. The van der Waals surface area contributed by atoms with E-state index in [1.54, 1.807) is 0 Å². The van der Waals surface area contributed by atoms with Crippen LogP contribution in [0.25, 0.3) is 0 Å². The lowest BCUT2D eigenvalue weighted by Crippen LogP contribution is -2.28. The third-order valence-electron chi connectivity index (χ3n) is 4.33. The van der Waals surface area contributed by atoms with E-state index >= 15 is 0 Å². The van der Waals surface area contributed by atoms with Gasteiger partial charge in [0.25, 0.3) is 0 Å². The number of carbonyl (C=O) groups is 1. The summed E-state index contributed by atoms with van der Waals surface area (Å²) >= 11 is 0. The Morgan fingerprint density at radius 2 is 2.33 bits per heavy atom. The summed E-state index contributed by atoms with van der Waals surface area (Å²) in [6, 6.07) is 0. The summed E-state index contributed by atoms with van der Waals surface area (Å²) in [6.07, 6.45) is 1.89. The van der Waals surface area contributed by atoms with Gasteiger partial charge < -0.3 is 10.1 Å². The minimum atomic E-state index is -0.587. The smallest absolute Gasteiger partial charge is 0.145 e. The van der Waals surface area contributed by atoms with Crippen LogP contribution in [0.3, 0.4) is 0 Å². The zero-order valence-electron chi connectivity index (χ0n) is 9.49. The Morgan fingerprint density at radius 3 is 2.93 bits per heavy atom. The molecule has 4 atom stereocenters. The molecule has 1 N–H and O–H groups in total. The number of rotatable bonds is 3. The highest BCUT2D eigenvalue weighted by Crippen LogP contribution is 2.70. The molecule has 1 heterocycles. The lowest BCUT2D eigenvalue weighted by atomic mass is 9.51. The molecule has 0 aromatic carbocycles. The van der Waals surface area contributed by atoms with E-state index in [1.165, 1.54) is 0 Å². The van der Waals surface area contributed by atoms with Gasteiger partial charge in [-0.15, -0.1) is 0 Å². The molecule has 2 rings (SSSR count). The molecular formula is C10H16B3NO. The first-order chi connectivity index (χ1) is 7.03. The van der Waals surface area contributed by atoms with Gasteiger partial charge in [0.1, 0.15) is 12.5 Å². The van der Waals surface area contributed by atoms with Crippen LogP contribution in [0.15, 0.2) is 0 Å². The van der Waals surface area contributed by atoms with Gasteiger partial charge in [-0.05, 0) is 43.4 Å². The standard InChI is InChI=1S/C10H16B3NO/c1-13-8-6(3-4-14-2)5-7(11)9(15)10(8,13)12/h6-8,14H,3-5H2,1-2H3. The fourth-order valence-corrected chi connectivity index (χ4v) is 3.34.